The maximum absolute atomic E-state index is 6.03. The third kappa shape index (κ3) is 4.58. The van der Waals surface area contributed by atoms with Crippen LogP contribution in [0.2, 0.25) is 10.0 Å². The lowest BCUT2D eigenvalue weighted by Gasteiger charge is -2.16. The Balaban J connectivity index is 2.03. The molecule has 0 fully saturated rings. The number of benzene rings is 1. The largest absolute Gasteiger partial charge is 0.481 e. The average molecular weight is 326 g/mol. The lowest BCUT2D eigenvalue weighted by atomic mass is 10.0. The predicted octanol–water partition coefficient (Wildman–Crippen LogP) is 3.01. The second-order valence-corrected chi connectivity index (χ2v) is 5.54. The molecule has 0 amide bonds. The first-order valence-corrected chi connectivity index (χ1v) is 7.27. The number of nitrogens with zero attached hydrogens (tertiary/aromatic N) is 1. The van der Waals surface area contributed by atoms with Crippen molar-refractivity contribution in [1.29, 1.82) is 0 Å². The van der Waals surface area contributed by atoms with E-state index in [9.17, 15) is 0 Å². The Morgan fingerprint density at radius 1 is 1.14 bits per heavy atom. The number of ether oxygens (including phenoxy) is 1. The van der Waals surface area contributed by atoms with Crippen LogP contribution in [0.1, 0.15) is 11.1 Å². The molecule has 0 spiro atoms. The molecule has 1 atom stereocenters. The SMILES string of the molecule is COc1ccc(CC(Cc2ccc(Cl)c(Cl)c2)NN)cn1. The molecular weight excluding hydrogens is 309 g/mol. The summed E-state index contributed by atoms with van der Waals surface area (Å²) in [5.74, 6) is 6.24. The molecule has 2 rings (SSSR count). The second kappa shape index (κ2) is 7.61. The van der Waals surface area contributed by atoms with Crippen LogP contribution in [0.15, 0.2) is 36.5 Å². The van der Waals surface area contributed by atoms with Gasteiger partial charge in [0, 0.05) is 18.3 Å². The van der Waals surface area contributed by atoms with Crippen LogP contribution in [0, 0.1) is 0 Å². The molecule has 112 valence electrons. The average Bonchev–Trinajstić information content (AvgIpc) is 2.51. The zero-order chi connectivity index (χ0) is 15.2. The van der Waals surface area contributed by atoms with Crippen molar-refractivity contribution in [2.24, 2.45) is 5.84 Å². The third-order valence-electron chi connectivity index (χ3n) is 3.19. The monoisotopic (exact) mass is 325 g/mol. The van der Waals surface area contributed by atoms with E-state index in [-0.39, 0.29) is 6.04 Å². The summed E-state index contributed by atoms with van der Waals surface area (Å²) < 4.78 is 5.04. The van der Waals surface area contributed by atoms with E-state index in [1.165, 1.54) is 0 Å². The molecule has 0 saturated carbocycles. The van der Waals surface area contributed by atoms with Crippen LogP contribution < -0.4 is 16.0 Å². The molecule has 3 N–H and O–H groups in total. The first kappa shape index (κ1) is 16.0. The minimum atomic E-state index is 0.0810. The second-order valence-electron chi connectivity index (χ2n) is 4.73. The van der Waals surface area contributed by atoms with E-state index < -0.39 is 0 Å². The molecule has 1 aromatic carbocycles. The zero-order valence-electron chi connectivity index (χ0n) is 11.6. The number of methoxy groups -OCH3 is 1. The Labute approximate surface area is 134 Å². The summed E-state index contributed by atoms with van der Waals surface area (Å²) >= 11 is 11.9. The highest BCUT2D eigenvalue weighted by molar-refractivity contribution is 6.42. The van der Waals surface area contributed by atoms with Crippen LogP contribution >= 0.6 is 23.2 Å². The fourth-order valence-electron chi connectivity index (χ4n) is 2.08. The highest BCUT2D eigenvalue weighted by Gasteiger charge is 2.10. The van der Waals surface area contributed by atoms with Crippen molar-refractivity contribution in [2.45, 2.75) is 18.9 Å². The topological polar surface area (TPSA) is 60.2 Å². The predicted molar refractivity (Wildman–Crippen MR) is 85.8 cm³/mol. The molecule has 0 aliphatic heterocycles. The molecule has 1 aromatic heterocycles. The highest BCUT2D eigenvalue weighted by atomic mass is 35.5. The molecular formula is C15H17Cl2N3O. The van der Waals surface area contributed by atoms with Gasteiger partial charge in [0.1, 0.15) is 0 Å². The van der Waals surface area contributed by atoms with Gasteiger partial charge in [-0.15, -0.1) is 0 Å². The minimum Gasteiger partial charge on any atom is -0.481 e. The molecule has 0 radical (unpaired) electrons. The Hall–Kier alpha value is -1.33. The third-order valence-corrected chi connectivity index (χ3v) is 3.93. The van der Waals surface area contributed by atoms with Crippen molar-refractivity contribution in [3.8, 4) is 5.88 Å². The summed E-state index contributed by atoms with van der Waals surface area (Å²) in [6.07, 6.45) is 3.30. The number of halogens is 2. The van der Waals surface area contributed by atoms with Crippen LogP contribution in [0.5, 0.6) is 5.88 Å². The van der Waals surface area contributed by atoms with Crippen LogP contribution in [-0.4, -0.2) is 18.1 Å². The molecule has 2 aromatic rings. The molecule has 0 aliphatic rings. The van der Waals surface area contributed by atoms with Crippen molar-refractivity contribution in [3.63, 3.8) is 0 Å². The first-order chi connectivity index (χ1) is 10.1. The van der Waals surface area contributed by atoms with Gasteiger partial charge in [0.05, 0.1) is 17.2 Å². The number of hydrazine groups is 1. The van der Waals surface area contributed by atoms with Crippen molar-refractivity contribution in [3.05, 3.63) is 57.7 Å². The van der Waals surface area contributed by atoms with Gasteiger partial charge in [0.15, 0.2) is 0 Å². The molecule has 0 bridgehead atoms. The van der Waals surface area contributed by atoms with E-state index in [4.69, 9.17) is 33.8 Å². The van der Waals surface area contributed by atoms with Gasteiger partial charge in [0.25, 0.3) is 0 Å². The molecule has 0 aliphatic carbocycles. The summed E-state index contributed by atoms with van der Waals surface area (Å²) in [5, 5.41) is 1.10. The van der Waals surface area contributed by atoms with E-state index in [2.05, 4.69) is 10.4 Å². The Morgan fingerprint density at radius 3 is 2.43 bits per heavy atom. The highest BCUT2D eigenvalue weighted by Crippen LogP contribution is 2.23. The van der Waals surface area contributed by atoms with Gasteiger partial charge in [-0.2, -0.15) is 0 Å². The molecule has 6 heteroatoms. The van der Waals surface area contributed by atoms with E-state index in [1.807, 2.05) is 24.3 Å². The van der Waals surface area contributed by atoms with Gasteiger partial charge < -0.3 is 4.74 Å². The molecule has 4 nitrogen and oxygen atoms in total. The van der Waals surface area contributed by atoms with Gasteiger partial charge in [-0.25, -0.2) is 4.98 Å². The van der Waals surface area contributed by atoms with Crippen molar-refractivity contribution in [2.75, 3.05) is 7.11 Å². The maximum atomic E-state index is 6.03. The minimum absolute atomic E-state index is 0.0810. The van der Waals surface area contributed by atoms with Gasteiger partial charge in [0.2, 0.25) is 5.88 Å². The normalized spacial score (nSPS) is 12.2. The summed E-state index contributed by atoms with van der Waals surface area (Å²) in [5.41, 5.74) is 4.99. The number of pyridine rings is 1. The Morgan fingerprint density at radius 2 is 1.86 bits per heavy atom. The lowest BCUT2D eigenvalue weighted by molar-refractivity contribution is 0.397. The number of rotatable bonds is 6. The van der Waals surface area contributed by atoms with Gasteiger partial charge in [-0.05, 0) is 36.1 Å². The summed E-state index contributed by atoms with van der Waals surface area (Å²) in [4.78, 5) is 4.19. The lowest BCUT2D eigenvalue weighted by Crippen LogP contribution is -2.38. The maximum Gasteiger partial charge on any atom is 0.212 e. The van der Waals surface area contributed by atoms with Gasteiger partial charge in [-0.3, -0.25) is 11.3 Å². The van der Waals surface area contributed by atoms with Gasteiger partial charge >= 0.3 is 0 Å². The van der Waals surface area contributed by atoms with Crippen LogP contribution in [0.4, 0.5) is 0 Å². The Kier molecular flexibility index (Phi) is 5.82. The van der Waals surface area contributed by atoms with E-state index in [0.29, 0.717) is 15.9 Å². The molecule has 1 unspecified atom stereocenters. The van der Waals surface area contributed by atoms with E-state index in [0.717, 1.165) is 24.0 Å². The molecule has 21 heavy (non-hydrogen) atoms. The smallest absolute Gasteiger partial charge is 0.212 e. The first-order valence-electron chi connectivity index (χ1n) is 6.51. The summed E-state index contributed by atoms with van der Waals surface area (Å²) in [6, 6.07) is 9.50. The Bertz CT molecular complexity index is 590. The van der Waals surface area contributed by atoms with Crippen LogP contribution in [-0.2, 0) is 12.8 Å². The zero-order valence-corrected chi connectivity index (χ0v) is 13.2. The van der Waals surface area contributed by atoms with Crippen molar-refractivity contribution >= 4 is 23.2 Å². The number of nitrogens with two attached hydrogens (primary N) is 1. The van der Waals surface area contributed by atoms with E-state index in [1.54, 1.807) is 19.4 Å². The number of aromatic nitrogens is 1. The van der Waals surface area contributed by atoms with Crippen molar-refractivity contribution < 1.29 is 4.74 Å². The number of hydrogen-bond acceptors (Lipinski definition) is 4. The standard InChI is InChI=1S/C15H17Cl2N3O/c1-21-15-5-3-11(9-19-15)7-12(20-18)6-10-2-4-13(16)14(17)8-10/h2-5,8-9,12,20H,6-7,18H2,1H3. The molecule has 0 saturated heterocycles. The molecule has 1 heterocycles. The fraction of sp³-hybridized carbons (Fsp3) is 0.267. The van der Waals surface area contributed by atoms with Gasteiger partial charge in [-0.1, -0.05) is 35.3 Å². The fourth-order valence-corrected chi connectivity index (χ4v) is 2.40. The van der Waals surface area contributed by atoms with Crippen LogP contribution in [0.25, 0.3) is 0 Å². The summed E-state index contributed by atoms with van der Waals surface area (Å²) in [7, 11) is 1.59. The van der Waals surface area contributed by atoms with Crippen LogP contribution in [0.3, 0.4) is 0 Å². The number of hydrogen-bond donors (Lipinski definition) is 2. The van der Waals surface area contributed by atoms with Crippen molar-refractivity contribution in [1.82, 2.24) is 10.4 Å². The summed E-state index contributed by atoms with van der Waals surface area (Å²) in [6.45, 7) is 0. The van der Waals surface area contributed by atoms with E-state index >= 15 is 0 Å². The number of nitrogens with one attached hydrogen (secondary N) is 1. The quantitative estimate of drug-likeness (QED) is 0.633.